The molecule has 0 aliphatic heterocycles. The highest BCUT2D eigenvalue weighted by Crippen LogP contribution is 2.26. The molecule has 1 rings (SSSR count). The maximum atomic E-state index is 5.70. The summed E-state index contributed by atoms with van der Waals surface area (Å²) in [4.78, 5) is 1.08. The van der Waals surface area contributed by atoms with Crippen molar-refractivity contribution >= 4 is 48.0 Å². The molecule has 0 atom stereocenters. The number of anilines is 2. The van der Waals surface area contributed by atoms with Crippen LogP contribution in [-0.4, -0.2) is 5.75 Å². The van der Waals surface area contributed by atoms with Gasteiger partial charge in [-0.15, -0.1) is 36.6 Å². The van der Waals surface area contributed by atoms with Gasteiger partial charge in [0.25, 0.3) is 0 Å². The Morgan fingerprint density at radius 2 is 1.85 bits per heavy atom. The van der Waals surface area contributed by atoms with Crippen LogP contribution in [0.15, 0.2) is 23.1 Å². The van der Waals surface area contributed by atoms with Crippen molar-refractivity contribution in [1.29, 1.82) is 0 Å². The Kier molecular flexibility index (Phi) is 8.42. The van der Waals surface area contributed by atoms with Gasteiger partial charge in [-0.3, -0.25) is 0 Å². The van der Waals surface area contributed by atoms with E-state index in [2.05, 4.69) is 6.92 Å². The molecule has 0 saturated carbocycles. The van der Waals surface area contributed by atoms with Crippen molar-refractivity contribution in [3.8, 4) is 0 Å². The predicted molar refractivity (Wildman–Crippen MR) is 66.2 cm³/mol. The minimum atomic E-state index is 0. The molecule has 5 heteroatoms. The molecular weight excluding hydrogens is 227 g/mol. The highest BCUT2D eigenvalue weighted by Gasteiger charge is 1.97. The average Bonchev–Trinajstić information content (AvgIpc) is 1.98. The monoisotopic (exact) mass is 240 g/mol. The number of nitrogens with two attached hydrogens (primary N) is 2. The van der Waals surface area contributed by atoms with Crippen LogP contribution in [0.5, 0.6) is 0 Å². The first-order chi connectivity index (χ1) is 5.24. The Labute approximate surface area is 95.3 Å². The first kappa shape index (κ1) is 15.2. The standard InChI is InChI=1S/C8H12N2S.2ClH/c1-2-11-8-5-6(9)3-4-7(8)10;;/h3-5H,2,9-10H2,1H3;2*1H. The van der Waals surface area contributed by atoms with Gasteiger partial charge in [-0.2, -0.15) is 0 Å². The van der Waals surface area contributed by atoms with Crippen LogP contribution in [0, 0.1) is 0 Å². The highest BCUT2D eigenvalue weighted by atomic mass is 35.5. The van der Waals surface area contributed by atoms with Crippen LogP contribution < -0.4 is 11.5 Å². The average molecular weight is 241 g/mol. The van der Waals surface area contributed by atoms with Gasteiger partial charge in [0, 0.05) is 16.3 Å². The molecule has 2 nitrogen and oxygen atoms in total. The van der Waals surface area contributed by atoms with E-state index in [-0.39, 0.29) is 24.8 Å². The Hall–Kier alpha value is -0.250. The van der Waals surface area contributed by atoms with Gasteiger partial charge >= 0.3 is 0 Å². The van der Waals surface area contributed by atoms with E-state index >= 15 is 0 Å². The molecule has 0 spiro atoms. The molecule has 0 heterocycles. The van der Waals surface area contributed by atoms with Crippen LogP contribution in [0.25, 0.3) is 0 Å². The van der Waals surface area contributed by atoms with E-state index in [1.165, 1.54) is 0 Å². The largest absolute Gasteiger partial charge is 0.399 e. The Morgan fingerprint density at radius 3 is 2.38 bits per heavy atom. The fourth-order valence-electron chi connectivity index (χ4n) is 0.831. The minimum Gasteiger partial charge on any atom is -0.399 e. The Bertz CT molecular complexity index is 256. The first-order valence-corrected chi connectivity index (χ1v) is 4.50. The third kappa shape index (κ3) is 4.50. The normalized spacial score (nSPS) is 8.38. The number of benzene rings is 1. The second-order valence-corrected chi connectivity index (χ2v) is 3.54. The summed E-state index contributed by atoms with van der Waals surface area (Å²) in [6.07, 6.45) is 0. The molecule has 0 aliphatic carbocycles. The summed E-state index contributed by atoms with van der Waals surface area (Å²) in [5.74, 6) is 1.02. The molecule has 0 radical (unpaired) electrons. The van der Waals surface area contributed by atoms with Crippen molar-refractivity contribution in [1.82, 2.24) is 0 Å². The molecule has 0 unspecified atom stereocenters. The van der Waals surface area contributed by atoms with E-state index in [0.29, 0.717) is 0 Å². The van der Waals surface area contributed by atoms with Crippen molar-refractivity contribution in [3.05, 3.63) is 18.2 Å². The third-order valence-electron chi connectivity index (χ3n) is 1.34. The van der Waals surface area contributed by atoms with Crippen LogP contribution in [0.2, 0.25) is 0 Å². The summed E-state index contributed by atoms with van der Waals surface area (Å²) in [5, 5.41) is 0. The van der Waals surface area contributed by atoms with Crippen LogP contribution in [-0.2, 0) is 0 Å². The third-order valence-corrected chi connectivity index (χ3v) is 2.29. The molecule has 13 heavy (non-hydrogen) atoms. The van der Waals surface area contributed by atoms with Gasteiger partial charge in [0.05, 0.1) is 0 Å². The summed E-state index contributed by atoms with van der Waals surface area (Å²) < 4.78 is 0. The van der Waals surface area contributed by atoms with Crippen molar-refractivity contribution in [2.45, 2.75) is 11.8 Å². The molecule has 0 aromatic heterocycles. The number of nitrogen functional groups attached to an aromatic ring is 2. The second-order valence-electron chi connectivity index (χ2n) is 2.23. The number of thioether (sulfide) groups is 1. The minimum absolute atomic E-state index is 0. The zero-order valence-corrected chi connectivity index (χ0v) is 9.77. The summed E-state index contributed by atoms with van der Waals surface area (Å²) in [7, 11) is 0. The number of rotatable bonds is 2. The SMILES string of the molecule is CCSc1cc(N)ccc1N.Cl.Cl. The molecule has 0 amide bonds. The Balaban J connectivity index is 0. The lowest BCUT2D eigenvalue weighted by Crippen LogP contribution is -1.91. The molecular formula is C8H14Cl2N2S. The molecule has 0 saturated heterocycles. The summed E-state index contributed by atoms with van der Waals surface area (Å²) in [6.45, 7) is 2.09. The van der Waals surface area contributed by atoms with E-state index in [1.807, 2.05) is 18.2 Å². The quantitative estimate of drug-likeness (QED) is 0.618. The summed E-state index contributed by atoms with van der Waals surface area (Å²) in [5.41, 5.74) is 12.9. The van der Waals surface area contributed by atoms with Crippen molar-refractivity contribution in [3.63, 3.8) is 0 Å². The predicted octanol–water partition coefficient (Wildman–Crippen LogP) is 2.81. The fourth-order valence-corrected chi connectivity index (χ4v) is 1.60. The summed E-state index contributed by atoms with van der Waals surface area (Å²) >= 11 is 1.71. The molecule has 1 aromatic carbocycles. The van der Waals surface area contributed by atoms with Crippen LogP contribution >= 0.6 is 36.6 Å². The van der Waals surface area contributed by atoms with Gasteiger partial charge in [0.15, 0.2) is 0 Å². The number of halogens is 2. The van der Waals surface area contributed by atoms with E-state index in [1.54, 1.807) is 11.8 Å². The molecule has 0 aliphatic rings. The van der Waals surface area contributed by atoms with Gasteiger partial charge in [-0.1, -0.05) is 6.92 Å². The van der Waals surface area contributed by atoms with Crippen molar-refractivity contribution in [2.75, 3.05) is 17.2 Å². The highest BCUT2D eigenvalue weighted by molar-refractivity contribution is 7.99. The van der Waals surface area contributed by atoms with E-state index in [0.717, 1.165) is 22.0 Å². The summed E-state index contributed by atoms with van der Waals surface area (Å²) in [6, 6.07) is 5.56. The van der Waals surface area contributed by atoms with Gasteiger partial charge in [0.1, 0.15) is 0 Å². The number of hydrogen-bond acceptors (Lipinski definition) is 3. The lowest BCUT2D eigenvalue weighted by atomic mass is 10.3. The molecule has 4 N–H and O–H groups in total. The molecule has 0 bridgehead atoms. The van der Waals surface area contributed by atoms with Crippen molar-refractivity contribution < 1.29 is 0 Å². The topological polar surface area (TPSA) is 52.0 Å². The lowest BCUT2D eigenvalue weighted by Gasteiger charge is -2.03. The van der Waals surface area contributed by atoms with E-state index < -0.39 is 0 Å². The number of hydrogen-bond donors (Lipinski definition) is 2. The fraction of sp³-hybridized carbons (Fsp3) is 0.250. The zero-order valence-electron chi connectivity index (χ0n) is 7.32. The van der Waals surface area contributed by atoms with Crippen LogP contribution in [0.1, 0.15) is 6.92 Å². The van der Waals surface area contributed by atoms with Crippen LogP contribution in [0.3, 0.4) is 0 Å². The smallest absolute Gasteiger partial charge is 0.0453 e. The maximum Gasteiger partial charge on any atom is 0.0453 e. The van der Waals surface area contributed by atoms with Crippen molar-refractivity contribution in [2.24, 2.45) is 0 Å². The second kappa shape index (κ2) is 7.18. The molecule has 76 valence electrons. The van der Waals surface area contributed by atoms with Gasteiger partial charge in [-0.05, 0) is 24.0 Å². The molecule has 1 aromatic rings. The first-order valence-electron chi connectivity index (χ1n) is 3.52. The lowest BCUT2D eigenvalue weighted by molar-refractivity contribution is 1.43. The molecule has 0 fully saturated rings. The van der Waals surface area contributed by atoms with Gasteiger partial charge in [-0.25, -0.2) is 0 Å². The van der Waals surface area contributed by atoms with Crippen LogP contribution in [0.4, 0.5) is 11.4 Å². The maximum absolute atomic E-state index is 5.70. The Morgan fingerprint density at radius 1 is 1.23 bits per heavy atom. The van der Waals surface area contributed by atoms with Gasteiger partial charge < -0.3 is 11.5 Å². The van der Waals surface area contributed by atoms with Gasteiger partial charge in [0.2, 0.25) is 0 Å². The van der Waals surface area contributed by atoms with E-state index in [9.17, 15) is 0 Å². The zero-order chi connectivity index (χ0) is 8.27. The van der Waals surface area contributed by atoms with E-state index in [4.69, 9.17) is 11.5 Å².